The number of nitrogens with zero attached hydrogens (tertiary/aromatic N) is 6. The minimum atomic E-state index is -4.24. The van der Waals surface area contributed by atoms with E-state index in [2.05, 4.69) is 15.0 Å². The van der Waals surface area contributed by atoms with Crippen molar-refractivity contribution in [3.8, 4) is 11.1 Å². The van der Waals surface area contributed by atoms with Crippen molar-refractivity contribution in [2.45, 2.75) is 36.4 Å². The molecule has 0 saturated carbocycles. The number of hydrogen-bond acceptors (Lipinski definition) is 7. The fourth-order valence-corrected chi connectivity index (χ4v) is 7.67. The summed E-state index contributed by atoms with van der Waals surface area (Å²) in [6.07, 6.45) is 6.49. The van der Waals surface area contributed by atoms with Crippen LogP contribution in [0.4, 0.5) is 11.6 Å². The zero-order valence-electron chi connectivity index (χ0n) is 21.6. The van der Waals surface area contributed by atoms with Crippen LogP contribution in [-0.2, 0) is 31.6 Å². The quantitative estimate of drug-likeness (QED) is 0.336. The molecule has 11 nitrogen and oxygen atoms in total. The number of sulfonamides is 1. The van der Waals surface area contributed by atoms with Crippen molar-refractivity contribution in [2.24, 2.45) is 5.73 Å². The molecule has 0 bridgehead atoms. The summed E-state index contributed by atoms with van der Waals surface area (Å²) in [6.45, 7) is 1.78. The summed E-state index contributed by atoms with van der Waals surface area (Å²) >= 11 is 12.5. The zero-order chi connectivity index (χ0) is 29.1. The summed E-state index contributed by atoms with van der Waals surface area (Å²) in [5.74, 6) is -1.08. The van der Waals surface area contributed by atoms with E-state index in [1.807, 2.05) is 24.3 Å². The Morgan fingerprint density at radius 1 is 1.05 bits per heavy atom. The summed E-state index contributed by atoms with van der Waals surface area (Å²) in [7, 11) is -4.24. The smallest absolute Gasteiger partial charge is 0.261 e. The second-order valence-electron chi connectivity index (χ2n) is 10.1. The third-order valence-electron chi connectivity index (χ3n) is 7.44. The molecule has 2 aromatic heterocycles. The predicted molar refractivity (Wildman–Crippen MR) is 152 cm³/mol. The number of hydrogen-bond donors (Lipinski definition) is 1. The van der Waals surface area contributed by atoms with Gasteiger partial charge in [0.05, 0.1) is 11.9 Å². The van der Waals surface area contributed by atoms with E-state index in [-0.39, 0.29) is 23.9 Å². The number of fused-ring (bicyclic) bond motifs is 1. The molecule has 2 amide bonds. The Bertz CT molecular complexity index is 1780. The highest BCUT2D eigenvalue weighted by atomic mass is 35.5. The molecular formula is C27H23Cl2N7O4S. The van der Waals surface area contributed by atoms with Crippen LogP contribution < -0.4 is 10.6 Å². The summed E-state index contributed by atoms with van der Waals surface area (Å²) < 4.78 is 30.1. The Labute approximate surface area is 245 Å². The van der Waals surface area contributed by atoms with E-state index in [4.69, 9.17) is 28.9 Å². The Kier molecular flexibility index (Phi) is 6.61. The van der Waals surface area contributed by atoms with Gasteiger partial charge in [0.15, 0.2) is 5.03 Å². The van der Waals surface area contributed by atoms with E-state index in [1.165, 1.54) is 28.1 Å². The third-order valence-corrected chi connectivity index (χ3v) is 9.75. The van der Waals surface area contributed by atoms with Crippen molar-refractivity contribution in [3.05, 3.63) is 83.0 Å². The molecule has 0 spiro atoms. The lowest BCUT2D eigenvalue weighted by molar-refractivity contribution is -0.125. The highest BCUT2D eigenvalue weighted by Gasteiger charge is 2.53. The lowest BCUT2D eigenvalue weighted by Gasteiger charge is -2.37. The molecule has 1 fully saturated rings. The SMILES string of the molecule is C[C@@]1(Cc2ccc(-c3cncnc3)cc2)C(=O)N(c2cc(Cl)cc(Cl)c2)c2ncc(S(=O)(=O)N3CC[C@@H]3C(N)=O)n21. The monoisotopic (exact) mass is 611 g/mol. The third kappa shape index (κ3) is 4.47. The van der Waals surface area contributed by atoms with E-state index in [9.17, 15) is 18.0 Å². The number of imidazole rings is 1. The van der Waals surface area contributed by atoms with Crippen LogP contribution in [0.5, 0.6) is 0 Å². The number of benzene rings is 2. The standard InChI is InChI=1S/C27H23Cl2N7O4S/c1-27(11-16-2-4-17(5-3-16)18-12-31-15-32-13-18)25(38)35(21-9-19(28)8-20(29)10-21)26-33-14-23(36(26)27)41(39,40)34-7-6-22(34)24(30)37/h2-5,8-10,12-15,22H,6-7,11H2,1H3,(H2,30,37)/t22-,27-/m1/s1. The zero-order valence-corrected chi connectivity index (χ0v) is 23.9. The minimum Gasteiger partial charge on any atom is -0.368 e. The first-order valence-corrected chi connectivity index (χ1v) is 14.7. The summed E-state index contributed by atoms with van der Waals surface area (Å²) in [5.41, 5.74) is 6.85. The molecule has 6 rings (SSSR count). The molecule has 2 N–H and O–H groups in total. The topological polar surface area (TPSA) is 144 Å². The molecule has 0 aliphatic carbocycles. The molecule has 210 valence electrons. The Morgan fingerprint density at radius 2 is 1.71 bits per heavy atom. The molecule has 2 aliphatic rings. The van der Waals surface area contributed by atoms with Gasteiger partial charge in [-0.25, -0.2) is 28.3 Å². The van der Waals surface area contributed by atoms with E-state index in [0.29, 0.717) is 22.2 Å². The van der Waals surface area contributed by atoms with Gasteiger partial charge in [0.2, 0.25) is 11.9 Å². The summed E-state index contributed by atoms with van der Waals surface area (Å²) in [6, 6.07) is 11.2. The molecule has 14 heteroatoms. The van der Waals surface area contributed by atoms with Gasteiger partial charge >= 0.3 is 0 Å². The van der Waals surface area contributed by atoms with Crippen LogP contribution in [0.3, 0.4) is 0 Å². The Morgan fingerprint density at radius 3 is 2.29 bits per heavy atom. The van der Waals surface area contributed by atoms with Crippen molar-refractivity contribution < 1.29 is 18.0 Å². The number of aromatic nitrogens is 4. The Hall–Kier alpha value is -3.84. The van der Waals surface area contributed by atoms with Gasteiger partial charge in [0.1, 0.15) is 17.9 Å². The molecule has 1 saturated heterocycles. The maximum atomic E-state index is 14.2. The highest BCUT2D eigenvalue weighted by molar-refractivity contribution is 7.89. The lowest BCUT2D eigenvalue weighted by Crippen LogP contribution is -2.57. The number of rotatable bonds is 7. The van der Waals surface area contributed by atoms with Crippen LogP contribution in [0.25, 0.3) is 11.1 Å². The average molecular weight is 612 g/mol. The number of amides is 2. The van der Waals surface area contributed by atoms with Gasteiger partial charge in [-0.2, -0.15) is 4.31 Å². The second kappa shape index (κ2) is 9.91. The van der Waals surface area contributed by atoms with Gasteiger partial charge < -0.3 is 5.73 Å². The molecule has 41 heavy (non-hydrogen) atoms. The van der Waals surface area contributed by atoms with Crippen LogP contribution in [0.1, 0.15) is 18.9 Å². The average Bonchev–Trinajstić information content (AvgIpc) is 3.42. The highest BCUT2D eigenvalue weighted by Crippen LogP contribution is 2.45. The van der Waals surface area contributed by atoms with Gasteiger partial charge in [-0.3, -0.25) is 14.2 Å². The first-order chi connectivity index (χ1) is 19.5. The fourth-order valence-electron chi connectivity index (χ4n) is 5.33. The number of anilines is 2. The van der Waals surface area contributed by atoms with Crippen LogP contribution in [0.15, 0.2) is 72.4 Å². The maximum absolute atomic E-state index is 14.2. The summed E-state index contributed by atoms with van der Waals surface area (Å²) in [5, 5.41) is 0.374. The molecule has 4 heterocycles. The van der Waals surface area contributed by atoms with Gasteiger partial charge in [0.25, 0.3) is 15.9 Å². The molecule has 2 aliphatic heterocycles. The summed E-state index contributed by atoms with van der Waals surface area (Å²) in [4.78, 5) is 39.9. The number of halogens is 2. The van der Waals surface area contributed by atoms with Crippen molar-refractivity contribution in [2.75, 3.05) is 11.4 Å². The van der Waals surface area contributed by atoms with Gasteiger partial charge in [-0.15, -0.1) is 0 Å². The number of primary amides is 1. The van der Waals surface area contributed by atoms with E-state index < -0.39 is 33.4 Å². The first-order valence-electron chi connectivity index (χ1n) is 12.5. The molecule has 2 atom stereocenters. The van der Waals surface area contributed by atoms with Crippen molar-refractivity contribution in [1.29, 1.82) is 0 Å². The molecule has 0 unspecified atom stereocenters. The van der Waals surface area contributed by atoms with Gasteiger partial charge in [-0.1, -0.05) is 47.5 Å². The fraction of sp³-hybridized carbons (Fsp3) is 0.222. The Balaban J connectivity index is 1.46. The first kappa shape index (κ1) is 27.3. The van der Waals surface area contributed by atoms with E-state index >= 15 is 0 Å². The number of carbonyl (C=O) groups excluding carboxylic acids is 2. The largest absolute Gasteiger partial charge is 0.368 e. The van der Waals surface area contributed by atoms with Crippen molar-refractivity contribution in [1.82, 2.24) is 23.8 Å². The molecular weight excluding hydrogens is 589 g/mol. The van der Waals surface area contributed by atoms with E-state index in [0.717, 1.165) is 21.0 Å². The van der Waals surface area contributed by atoms with Crippen molar-refractivity contribution >= 4 is 56.7 Å². The van der Waals surface area contributed by atoms with Gasteiger partial charge in [0, 0.05) is 41.0 Å². The van der Waals surface area contributed by atoms with Crippen LogP contribution in [-0.4, -0.2) is 56.6 Å². The minimum absolute atomic E-state index is 0.0867. The normalized spacial score (nSPS) is 20.6. The van der Waals surface area contributed by atoms with Crippen LogP contribution in [0.2, 0.25) is 10.0 Å². The molecule has 0 radical (unpaired) electrons. The predicted octanol–water partition coefficient (Wildman–Crippen LogP) is 3.53. The maximum Gasteiger partial charge on any atom is 0.261 e. The van der Waals surface area contributed by atoms with Crippen LogP contribution in [0, 0.1) is 0 Å². The second-order valence-corrected chi connectivity index (χ2v) is 12.8. The van der Waals surface area contributed by atoms with Gasteiger partial charge in [-0.05, 0) is 42.7 Å². The van der Waals surface area contributed by atoms with Crippen molar-refractivity contribution in [3.63, 3.8) is 0 Å². The molecule has 2 aromatic carbocycles. The number of carbonyl (C=O) groups is 2. The molecule has 4 aromatic rings. The van der Waals surface area contributed by atoms with E-state index in [1.54, 1.807) is 31.5 Å². The number of nitrogens with two attached hydrogens (primary N) is 1. The lowest BCUT2D eigenvalue weighted by atomic mass is 9.91. The van der Waals surface area contributed by atoms with Crippen LogP contribution >= 0.6 is 23.2 Å².